The van der Waals surface area contributed by atoms with Crippen LogP contribution in [0.5, 0.6) is 17.2 Å². The maximum absolute atomic E-state index is 6.02. The normalized spacial score (nSPS) is 20.3. The third kappa shape index (κ3) is 2.71. The van der Waals surface area contributed by atoms with E-state index < -0.39 is 0 Å². The average molecular weight is 264 g/mol. The SMILES string of the molecule is CN1CCC(Oc2cc3c(cc2N)OCCO3)CC1. The highest BCUT2D eigenvalue weighted by Crippen LogP contribution is 2.39. The van der Waals surface area contributed by atoms with E-state index in [4.69, 9.17) is 19.9 Å². The second-order valence-electron chi connectivity index (χ2n) is 5.15. The summed E-state index contributed by atoms with van der Waals surface area (Å²) in [5, 5.41) is 0. The van der Waals surface area contributed by atoms with Crippen molar-refractivity contribution in [2.45, 2.75) is 18.9 Å². The van der Waals surface area contributed by atoms with Gasteiger partial charge in [0.15, 0.2) is 11.5 Å². The van der Waals surface area contributed by atoms with Crippen molar-refractivity contribution in [3.63, 3.8) is 0 Å². The highest BCUT2D eigenvalue weighted by atomic mass is 16.6. The molecule has 1 fully saturated rings. The van der Waals surface area contributed by atoms with E-state index in [9.17, 15) is 0 Å². The smallest absolute Gasteiger partial charge is 0.165 e. The topological polar surface area (TPSA) is 57.0 Å². The summed E-state index contributed by atoms with van der Waals surface area (Å²) >= 11 is 0. The lowest BCUT2D eigenvalue weighted by Crippen LogP contribution is -2.35. The van der Waals surface area contributed by atoms with E-state index in [0.29, 0.717) is 30.4 Å². The second kappa shape index (κ2) is 5.17. The number of rotatable bonds is 2. The molecule has 0 saturated carbocycles. The molecule has 2 aliphatic heterocycles. The van der Waals surface area contributed by atoms with Crippen LogP contribution >= 0.6 is 0 Å². The monoisotopic (exact) mass is 264 g/mol. The van der Waals surface area contributed by atoms with E-state index in [1.54, 1.807) is 6.07 Å². The Balaban J connectivity index is 1.73. The van der Waals surface area contributed by atoms with Crippen molar-refractivity contribution >= 4 is 5.69 Å². The van der Waals surface area contributed by atoms with Crippen LogP contribution in [0.4, 0.5) is 5.69 Å². The number of nitrogen functional groups attached to an aromatic ring is 1. The lowest BCUT2D eigenvalue weighted by molar-refractivity contribution is 0.113. The largest absolute Gasteiger partial charge is 0.488 e. The Kier molecular flexibility index (Phi) is 3.38. The molecule has 0 amide bonds. The minimum Gasteiger partial charge on any atom is -0.488 e. The van der Waals surface area contributed by atoms with Crippen molar-refractivity contribution in [2.75, 3.05) is 39.1 Å². The standard InChI is InChI=1S/C14H20N2O3/c1-16-4-2-10(3-5-16)19-12-9-14-13(8-11(12)15)17-6-7-18-14/h8-10H,2-7,15H2,1H3. The molecule has 1 saturated heterocycles. The zero-order valence-corrected chi connectivity index (χ0v) is 11.2. The Bertz CT molecular complexity index is 456. The highest BCUT2D eigenvalue weighted by molar-refractivity contribution is 5.62. The van der Waals surface area contributed by atoms with E-state index in [2.05, 4.69) is 11.9 Å². The third-order valence-corrected chi connectivity index (χ3v) is 3.63. The quantitative estimate of drug-likeness (QED) is 0.821. The Morgan fingerprint density at radius 2 is 1.79 bits per heavy atom. The molecule has 2 aliphatic rings. The molecule has 3 rings (SSSR count). The number of likely N-dealkylation sites (tertiary alicyclic amines) is 1. The first kappa shape index (κ1) is 12.4. The van der Waals surface area contributed by atoms with Gasteiger partial charge in [-0.3, -0.25) is 0 Å². The maximum Gasteiger partial charge on any atom is 0.165 e. The molecule has 5 nitrogen and oxygen atoms in total. The minimum absolute atomic E-state index is 0.237. The molecule has 0 aromatic heterocycles. The van der Waals surface area contributed by atoms with Gasteiger partial charge in [0, 0.05) is 25.2 Å². The van der Waals surface area contributed by atoms with E-state index >= 15 is 0 Å². The summed E-state index contributed by atoms with van der Waals surface area (Å²) in [6, 6.07) is 3.64. The van der Waals surface area contributed by atoms with Gasteiger partial charge in [0.2, 0.25) is 0 Å². The predicted molar refractivity (Wildman–Crippen MR) is 73.0 cm³/mol. The number of nitrogens with zero attached hydrogens (tertiary/aromatic N) is 1. The molecule has 0 bridgehead atoms. The number of hydrogen-bond donors (Lipinski definition) is 1. The first-order valence-electron chi connectivity index (χ1n) is 6.76. The molecule has 2 N–H and O–H groups in total. The molecule has 104 valence electrons. The number of ether oxygens (including phenoxy) is 3. The number of benzene rings is 1. The molecule has 0 unspecified atom stereocenters. The molecule has 1 aromatic rings. The summed E-state index contributed by atoms with van der Waals surface area (Å²) in [5.41, 5.74) is 6.63. The van der Waals surface area contributed by atoms with Crippen LogP contribution in [0.15, 0.2) is 12.1 Å². The zero-order chi connectivity index (χ0) is 13.2. The summed E-state index contributed by atoms with van der Waals surface area (Å²) in [5.74, 6) is 2.14. The molecular formula is C14H20N2O3. The Labute approximate surface area is 113 Å². The van der Waals surface area contributed by atoms with Crippen LogP contribution in [-0.4, -0.2) is 44.4 Å². The maximum atomic E-state index is 6.02. The number of nitrogens with two attached hydrogens (primary N) is 1. The number of anilines is 1. The molecule has 2 heterocycles. The van der Waals surface area contributed by atoms with Gasteiger partial charge in [-0.1, -0.05) is 0 Å². The van der Waals surface area contributed by atoms with Crippen LogP contribution in [0, 0.1) is 0 Å². The van der Waals surface area contributed by atoms with Gasteiger partial charge in [-0.15, -0.1) is 0 Å². The average Bonchev–Trinajstić information content (AvgIpc) is 2.42. The van der Waals surface area contributed by atoms with Gasteiger partial charge in [-0.2, -0.15) is 0 Å². The molecular weight excluding hydrogens is 244 g/mol. The number of fused-ring (bicyclic) bond motifs is 1. The molecule has 0 radical (unpaired) electrons. The van der Waals surface area contributed by atoms with E-state index in [-0.39, 0.29) is 6.10 Å². The molecule has 1 aromatic carbocycles. The third-order valence-electron chi connectivity index (χ3n) is 3.63. The fraction of sp³-hybridized carbons (Fsp3) is 0.571. The van der Waals surface area contributed by atoms with Crippen LogP contribution in [0.2, 0.25) is 0 Å². The Morgan fingerprint density at radius 3 is 2.47 bits per heavy atom. The van der Waals surface area contributed by atoms with Gasteiger partial charge < -0.3 is 24.8 Å². The van der Waals surface area contributed by atoms with Crippen LogP contribution in [0.25, 0.3) is 0 Å². The lowest BCUT2D eigenvalue weighted by Gasteiger charge is -2.30. The fourth-order valence-corrected chi connectivity index (χ4v) is 2.47. The first-order chi connectivity index (χ1) is 9.22. The Morgan fingerprint density at radius 1 is 1.16 bits per heavy atom. The molecule has 5 heteroatoms. The van der Waals surface area contributed by atoms with Gasteiger partial charge in [0.1, 0.15) is 25.1 Å². The first-order valence-corrected chi connectivity index (χ1v) is 6.76. The van der Waals surface area contributed by atoms with Crippen LogP contribution in [0.1, 0.15) is 12.8 Å². The van der Waals surface area contributed by atoms with Gasteiger partial charge in [0.05, 0.1) is 5.69 Å². The van der Waals surface area contributed by atoms with Crippen molar-refractivity contribution in [3.8, 4) is 17.2 Å². The Hall–Kier alpha value is -1.62. The summed E-state index contributed by atoms with van der Waals surface area (Å²) in [6.07, 6.45) is 2.30. The predicted octanol–water partition coefficient (Wildman–Crippen LogP) is 1.51. The molecule has 0 atom stereocenters. The van der Waals surface area contributed by atoms with E-state index in [0.717, 1.165) is 31.7 Å². The van der Waals surface area contributed by atoms with Gasteiger partial charge in [0.25, 0.3) is 0 Å². The van der Waals surface area contributed by atoms with Crippen LogP contribution in [0.3, 0.4) is 0 Å². The van der Waals surface area contributed by atoms with Gasteiger partial charge >= 0.3 is 0 Å². The van der Waals surface area contributed by atoms with Crippen molar-refractivity contribution in [1.29, 1.82) is 0 Å². The second-order valence-corrected chi connectivity index (χ2v) is 5.15. The number of piperidine rings is 1. The lowest BCUT2D eigenvalue weighted by atomic mass is 10.1. The minimum atomic E-state index is 0.237. The van der Waals surface area contributed by atoms with E-state index in [1.807, 2.05) is 6.07 Å². The van der Waals surface area contributed by atoms with Crippen molar-refractivity contribution in [2.24, 2.45) is 0 Å². The van der Waals surface area contributed by atoms with Crippen LogP contribution in [-0.2, 0) is 0 Å². The van der Waals surface area contributed by atoms with Crippen LogP contribution < -0.4 is 19.9 Å². The zero-order valence-electron chi connectivity index (χ0n) is 11.2. The highest BCUT2D eigenvalue weighted by Gasteiger charge is 2.21. The van der Waals surface area contributed by atoms with Crippen molar-refractivity contribution < 1.29 is 14.2 Å². The number of hydrogen-bond acceptors (Lipinski definition) is 5. The van der Waals surface area contributed by atoms with E-state index in [1.165, 1.54) is 0 Å². The van der Waals surface area contributed by atoms with Gasteiger partial charge in [-0.05, 0) is 19.9 Å². The summed E-state index contributed by atoms with van der Waals surface area (Å²) in [4.78, 5) is 2.31. The van der Waals surface area contributed by atoms with Gasteiger partial charge in [-0.25, -0.2) is 0 Å². The van der Waals surface area contributed by atoms with Crippen molar-refractivity contribution in [3.05, 3.63) is 12.1 Å². The van der Waals surface area contributed by atoms with Crippen molar-refractivity contribution in [1.82, 2.24) is 4.90 Å². The fourth-order valence-electron chi connectivity index (χ4n) is 2.47. The molecule has 19 heavy (non-hydrogen) atoms. The molecule has 0 spiro atoms. The summed E-state index contributed by atoms with van der Waals surface area (Å²) in [6.45, 7) is 3.27. The molecule has 0 aliphatic carbocycles. The summed E-state index contributed by atoms with van der Waals surface area (Å²) in [7, 11) is 2.13. The summed E-state index contributed by atoms with van der Waals surface area (Å²) < 4.78 is 17.1.